The van der Waals surface area contributed by atoms with Crippen LogP contribution in [-0.4, -0.2) is 19.7 Å². The van der Waals surface area contributed by atoms with Crippen LogP contribution < -0.4 is 4.74 Å². The minimum absolute atomic E-state index is 0.330. The molecule has 0 saturated heterocycles. The highest BCUT2D eigenvalue weighted by Crippen LogP contribution is 2.29. The Morgan fingerprint density at radius 3 is 2.68 bits per heavy atom. The molecule has 2 aromatic heterocycles. The fraction of sp³-hybridized carbons (Fsp3) is 0.150. The van der Waals surface area contributed by atoms with Crippen molar-refractivity contribution in [2.24, 2.45) is 7.05 Å². The number of ether oxygens (including phenoxy) is 1. The van der Waals surface area contributed by atoms with E-state index in [2.05, 4.69) is 15.2 Å². The monoisotopic (exact) mass is 430 g/mol. The van der Waals surface area contributed by atoms with Crippen LogP contribution in [0.3, 0.4) is 0 Å². The van der Waals surface area contributed by atoms with E-state index in [4.69, 9.17) is 27.9 Å². The lowest BCUT2D eigenvalue weighted by Gasteiger charge is -2.08. The number of aromatic nitrogens is 4. The smallest absolute Gasteiger partial charge is 0.191 e. The molecule has 2 aromatic carbocycles. The summed E-state index contributed by atoms with van der Waals surface area (Å²) in [4.78, 5) is 4.48. The fourth-order valence-electron chi connectivity index (χ4n) is 2.73. The molecule has 4 rings (SSSR count). The van der Waals surface area contributed by atoms with Crippen LogP contribution >= 0.6 is 35.0 Å². The second kappa shape index (κ2) is 8.39. The standard InChI is InChI=1S/C20H16Cl2N4OS/c1-26-18(11-27-15-7-5-14(21)6-8-15)24-25-20(26)28-12-13-4-9-17(22)16-3-2-10-23-19(13)16/h2-10H,11-12H2,1H3. The van der Waals surface area contributed by atoms with Crippen LogP contribution in [0.15, 0.2) is 59.9 Å². The number of fused-ring (bicyclic) bond motifs is 1. The van der Waals surface area contributed by atoms with Gasteiger partial charge in [0.15, 0.2) is 11.0 Å². The fourth-order valence-corrected chi connectivity index (χ4v) is 3.99. The van der Waals surface area contributed by atoms with Gasteiger partial charge in [-0.15, -0.1) is 10.2 Å². The second-order valence-electron chi connectivity index (χ2n) is 6.10. The summed E-state index contributed by atoms with van der Waals surface area (Å²) in [5, 5.41) is 11.7. The minimum Gasteiger partial charge on any atom is -0.486 e. The lowest BCUT2D eigenvalue weighted by molar-refractivity contribution is 0.290. The van der Waals surface area contributed by atoms with E-state index in [0.29, 0.717) is 22.4 Å². The van der Waals surface area contributed by atoms with Crippen LogP contribution in [0.5, 0.6) is 5.75 Å². The minimum atomic E-state index is 0.330. The van der Waals surface area contributed by atoms with Crippen LogP contribution in [0.4, 0.5) is 0 Å². The molecule has 142 valence electrons. The molecule has 0 unspecified atom stereocenters. The number of benzene rings is 2. The third-order valence-electron chi connectivity index (χ3n) is 4.26. The van der Waals surface area contributed by atoms with Gasteiger partial charge in [-0.25, -0.2) is 0 Å². The zero-order valence-corrected chi connectivity index (χ0v) is 17.3. The molecule has 2 heterocycles. The van der Waals surface area contributed by atoms with Gasteiger partial charge < -0.3 is 9.30 Å². The first kappa shape index (κ1) is 19.1. The van der Waals surface area contributed by atoms with Gasteiger partial charge in [0, 0.05) is 34.4 Å². The number of halogens is 2. The van der Waals surface area contributed by atoms with E-state index in [9.17, 15) is 0 Å². The van der Waals surface area contributed by atoms with Crippen molar-refractivity contribution >= 4 is 45.9 Å². The molecule has 28 heavy (non-hydrogen) atoms. The van der Waals surface area contributed by atoms with Crippen molar-refractivity contribution in [1.82, 2.24) is 19.7 Å². The molecule has 8 heteroatoms. The van der Waals surface area contributed by atoms with Gasteiger partial charge in [-0.1, -0.05) is 41.0 Å². The summed E-state index contributed by atoms with van der Waals surface area (Å²) in [6.45, 7) is 0.330. The first-order valence-corrected chi connectivity index (χ1v) is 10.3. The molecule has 0 aliphatic heterocycles. The molecule has 0 radical (unpaired) electrons. The maximum atomic E-state index is 6.27. The zero-order chi connectivity index (χ0) is 19.5. The molecule has 0 fully saturated rings. The van der Waals surface area contributed by atoms with Crippen molar-refractivity contribution in [1.29, 1.82) is 0 Å². The van der Waals surface area contributed by atoms with E-state index in [0.717, 1.165) is 33.2 Å². The summed E-state index contributed by atoms with van der Waals surface area (Å²) < 4.78 is 7.70. The SMILES string of the molecule is Cn1c(COc2ccc(Cl)cc2)nnc1SCc1ccc(Cl)c2cccnc12. The molecule has 4 aromatic rings. The first-order chi connectivity index (χ1) is 13.6. The number of pyridine rings is 1. The van der Waals surface area contributed by atoms with Gasteiger partial charge in [-0.3, -0.25) is 4.98 Å². The highest BCUT2D eigenvalue weighted by Gasteiger charge is 2.12. The Kier molecular flexibility index (Phi) is 5.71. The normalized spacial score (nSPS) is 11.1. The molecule has 0 N–H and O–H groups in total. The summed E-state index contributed by atoms with van der Waals surface area (Å²) in [6, 6.07) is 15.0. The number of thioether (sulfide) groups is 1. The summed E-state index contributed by atoms with van der Waals surface area (Å²) in [5.74, 6) is 2.20. The predicted molar refractivity (Wildman–Crippen MR) is 113 cm³/mol. The quantitative estimate of drug-likeness (QED) is 0.375. The summed E-state index contributed by atoms with van der Waals surface area (Å²) in [6.07, 6.45) is 1.78. The lowest BCUT2D eigenvalue weighted by atomic mass is 10.1. The molecular weight excluding hydrogens is 415 g/mol. The van der Waals surface area contributed by atoms with Crippen LogP contribution in [-0.2, 0) is 19.4 Å². The van der Waals surface area contributed by atoms with Crippen molar-refractivity contribution in [2.75, 3.05) is 0 Å². The predicted octanol–water partition coefficient (Wildman–Crippen LogP) is 5.54. The van der Waals surface area contributed by atoms with Gasteiger partial charge in [0.2, 0.25) is 0 Å². The van der Waals surface area contributed by atoms with E-state index in [1.165, 1.54) is 0 Å². The lowest BCUT2D eigenvalue weighted by Crippen LogP contribution is -2.04. The van der Waals surface area contributed by atoms with Gasteiger partial charge >= 0.3 is 0 Å². The van der Waals surface area contributed by atoms with E-state index in [1.807, 2.05) is 48.0 Å². The average molecular weight is 431 g/mol. The van der Waals surface area contributed by atoms with Crippen LogP contribution in [0.1, 0.15) is 11.4 Å². The number of rotatable bonds is 6. The third kappa shape index (κ3) is 4.09. The van der Waals surface area contributed by atoms with Crippen molar-refractivity contribution in [3.63, 3.8) is 0 Å². The van der Waals surface area contributed by atoms with Gasteiger partial charge in [0.25, 0.3) is 0 Å². The summed E-state index contributed by atoms with van der Waals surface area (Å²) >= 11 is 13.8. The van der Waals surface area contributed by atoms with E-state index < -0.39 is 0 Å². The topological polar surface area (TPSA) is 52.8 Å². The number of hydrogen-bond acceptors (Lipinski definition) is 5. The van der Waals surface area contributed by atoms with E-state index >= 15 is 0 Å². The molecule has 0 spiro atoms. The Balaban J connectivity index is 1.45. The first-order valence-electron chi connectivity index (χ1n) is 8.53. The number of nitrogens with zero attached hydrogens (tertiary/aromatic N) is 4. The third-order valence-corrected chi connectivity index (χ3v) is 5.91. The summed E-state index contributed by atoms with van der Waals surface area (Å²) in [5.41, 5.74) is 2.02. The molecular formula is C20H16Cl2N4OS. The Hall–Kier alpha value is -2.28. The van der Waals surface area contributed by atoms with Crippen molar-refractivity contribution < 1.29 is 4.74 Å². The maximum Gasteiger partial charge on any atom is 0.191 e. The van der Waals surface area contributed by atoms with Gasteiger partial charge in [0.1, 0.15) is 12.4 Å². The van der Waals surface area contributed by atoms with E-state index in [-0.39, 0.29) is 0 Å². The highest BCUT2D eigenvalue weighted by atomic mass is 35.5. The molecule has 0 amide bonds. The molecule has 0 aliphatic rings. The van der Waals surface area contributed by atoms with Crippen molar-refractivity contribution in [3.8, 4) is 5.75 Å². The molecule has 5 nitrogen and oxygen atoms in total. The second-order valence-corrected chi connectivity index (χ2v) is 7.88. The van der Waals surface area contributed by atoms with Crippen molar-refractivity contribution in [3.05, 3.63) is 76.2 Å². The summed E-state index contributed by atoms with van der Waals surface area (Å²) in [7, 11) is 1.93. The average Bonchev–Trinajstić information content (AvgIpc) is 3.07. The van der Waals surface area contributed by atoms with Gasteiger partial charge in [0.05, 0.1) is 5.52 Å². The Morgan fingerprint density at radius 2 is 1.86 bits per heavy atom. The van der Waals surface area contributed by atoms with Crippen LogP contribution in [0.2, 0.25) is 10.0 Å². The zero-order valence-electron chi connectivity index (χ0n) is 15.0. The number of hydrogen-bond donors (Lipinski definition) is 0. The van der Waals surface area contributed by atoms with Gasteiger partial charge in [-0.05, 0) is 48.0 Å². The molecule has 0 atom stereocenters. The van der Waals surface area contributed by atoms with Crippen LogP contribution in [0, 0.1) is 0 Å². The Bertz CT molecular complexity index is 1120. The van der Waals surface area contributed by atoms with E-state index in [1.54, 1.807) is 30.1 Å². The molecule has 0 saturated carbocycles. The largest absolute Gasteiger partial charge is 0.486 e. The van der Waals surface area contributed by atoms with Gasteiger partial charge in [-0.2, -0.15) is 0 Å². The van der Waals surface area contributed by atoms with Crippen LogP contribution in [0.25, 0.3) is 10.9 Å². The Morgan fingerprint density at radius 1 is 1.04 bits per heavy atom. The highest BCUT2D eigenvalue weighted by molar-refractivity contribution is 7.98. The van der Waals surface area contributed by atoms with Crippen molar-refractivity contribution in [2.45, 2.75) is 17.5 Å². The maximum absolute atomic E-state index is 6.27. The molecule has 0 aliphatic carbocycles. The Labute approximate surface area is 176 Å². The molecule has 0 bridgehead atoms.